The molecule has 0 saturated carbocycles. The van der Waals surface area contributed by atoms with E-state index in [1.165, 1.54) is 4.90 Å². The van der Waals surface area contributed by atoms with E-state index in [1.54, 1.807) is 7.11 Å². The average Bonchev–Trinajstić information content (AvgIpc) is 2.39. The van der Waals surface area contributed by atoms with Crippen molar-refractivity contribution in [1.29, 1.82) is 0 Å². The summed E-state index contributed by atoms with van der Waals surface area (Å²) in [7, 11) is 3.80. The maximum absolute atomic E-state index is 5.14. The van der Waals surface area contributed by atoms with E-state index in [1.807, 2.05) is 18.8 Å². The van der Waals surface area contributed by atoms with E-state index in [-0.39, 0.29) is 0 Å². The number of nitrogens with one attached hydrogen (secondary N) is 1. The van der Waals surface area contributed by atoms with E-state index in [2.05, 4.69) is 52.4 Å². The fourth-order valence-corrected chi connectivity index (χ4v) is 3.21. The van der Waals surface area contributed by atoms with Crippen LogP contribution in [0.3, 0.4) is 0 Å². The molecule has 0 aliphatic carbocycles. The molecule has 2 nitrogen and oxygen atoms in total. The molecule has 0 aliphatic rings. The molecule has 18 heavy (non-hydrogen) atoms. The fraction of sp³-hybridized carbons (Fsp3) is 0.571. The first kappa shape index (κ1) is 16.0. The van der Waals surface area contributed by atoms with Gasteiger partial charge in [0.1, 0.15) is 0 Å². The number of hydrogen-bond donors (Lipinski definition) is 1. The Hall–Kier alpha value is -0.0300. The monoisotopic (exact) mass is 331 g/mol. The van der Waals surface area contributed by atoms with Crippen molar-refractivity contribution in [1.82, 2.24) is 5.32 Å². The maximum atomic E-state index is 5.14. The van der Waals surface area contributed by atoms with Crippen molar-refractivity contribution in [3.05, 3.63) is 28.7 Å². The summed E-state index contributed by atoms with van der Waals surface area (Å²) in [6.45, 7) is 3.12. The van der Waals surface area contributed by atoms with E-state index < -0.39 is 0 Å². The molecule has 1 aromatic carbocycles. The third-order valence-electron chi connectivity index (χ3n) is 3.08. The van der Waals surface area contributed by atoms with Gasteiger partial charge in [0, 0.05) is 34.9 Å². The highest BCUT2D eigenvalue weighted by Crippen LogP contribution is 2.23. The Morgan fingerprint density at radius 2 is 2.00 bits per heavy atom. The van der Waals surface area contributed by atoms with Crippen LogP contribution in [0.25, 0.3) is 0 Å². The van der Waals surface area contributed by atoms with Gasteiger partial charge in [-0.15, -0.1) is 11.8 Å². The molecule has 0 fully saturated rings. The minimum Gasteiger partial charge on any atom is -0.385 e. The smallest absolute Gasteiger partial charge is 0.0465 e. The summed E-state index contributed by atoms with van der Waals surface area (Å²) in [5.41, 5.74) is 0. The predicted molar refractivity (Wildman–Crippen MR) is 83.4 cm³/mol. The van der Waals surface area contributed by atoms with E-state index in [0.717, 1.165) is 23.3 Å². The maximum Gasteiger partial charge on any atom is 0.0465 e. The van der Waals surface area contributed by atoms with Gasteiger partial charge >= 0.3 is 0 Å². The number of thioether (sulfide) groups is 1. The minimum absolute atomic E-state index is 0.522. The van der Waals surface area contributed by atoms with E-state index >= 15 is 0 Å². The van der Waals surface area contributed by atoms with Gasteiger partial charge in [-0.25, -0.2) is 0 Å². The molecule has 2 unspecified atom stereocenters. The van der Waals surface area contributed by atoms with Crippen LogP contribution in [-0.2, 0) is 4.74 Å². The highest BCUT2D eigenvalue weighted by molar-refractivity contribution is 9.10. The van der Waals surface area contributed by atoms with Gasteiger partial charge in [0.2, 0.25) is 0 Å². The number of hydrogen-bond acceptors (Lipinski definition) is 3. The van der Waals surface area contributed by atoms with Gasteiger partial charge in [-0.3, -0.25) is 0 Å². The Balaban J connectivity index is 2.41. The topological polar surface area (TPSA) is 21.3 Å². The van der Waals surface area contributed by atoms with Crippen LogP contribution in [0.4, 0.5) is 0 Å². The molecule has 0 heterocycles. The second-order valence-corrected chi connectivity index (χ2v) is 6.43. The van der Waals surface area contributed by atoms with Gasteiger partial charge in [-0.05, 0) is 43.7 Å². The zero-order valence-corrected chi connectivity index (χ0v) is 13.7. The second-order valence-electron chi connectivity index (χ2n) is 4.42. The molecule has 4 heteroatoms. The van der Waals surface area contributed by atoms with Crippen LogP contribution in [0.5, 0.6) is 0 Å². The lowest BCUT2D eigenvalue weighted by atomic mass is 10.0. The van der Waals surface area contributed by atoms with Gasteiger partial charge in [0.15, 0.2) is 0 Å². The normalized spacial score (nSPS) is 14.4. The Kier molecular flexibility index (Phi) is 7.98. The Morgan fingerprint density at radius 1 is 1.33 bits per heavy atom. The molecule has 0 saturated heterocycles. The number of rotatable bonds is 8. The molecule has 1 N–H and O–H groups in total. The van der Waals surface area contributed by atoms with Crippen molar-refractivity contribution in [2.24, 2.45) is 5.92 Å². The molecule has 0 radical (unpaired) electrons. The lowest BCUT2D eigenvalue weighted by Crippen LogP contribution is -2.34. The molecule has 0 spiro atoms. The van der Waals surface area contributed by atoms with E-state index in [4.69, 9.17) is 4.74 Å². The van der Waals surface area contributed by atoms with E-state index in [9.17, 15) is 0 Å². The third kappa shape index (κ3) is 5.74. The van der Waals surface area contributed by atoms with Crippen molar-refractivity contribution >= 4 is 27.7 Å². The number of halogens is 1. The predicted octanol–water partition coefficient (Wildman–Crippen LogP) is 3.80. The quantitative estimate of drug-likeness (QED) is 0.732. The van der Waals surface area contributed by atoms with Crippen molar-refractivity contribution in [3.8, 4) is 0 Å². The van der Waals surface area contributed by atoms with E-state index in [0.29, 0.717) is 12.0 Å². The standard InChI is InChI=1S/C14H22BrNOS/c1-11(8-9-17-3)14(16-2)10-18-13-6-4-12(15)5-7-13/h4-7,11,14,16H,8-10H2,1-3H3. The van der Waals surface area contributed by atoms with Crippen molar-refractivity contribution < 1.29 is 4.74 Å². The SMILES string of the molecule is CNC(CSc1ccc(Br)cc1)C(C)CCOC. The fourth-order valence-electron chi connectivity index (χ4n) is 1.75. The van der Waals surface area contributed by atoms with Crippen LogP contribution in [-0.4, -0.2) is 32.6 Å². The zero-order chi connectivity index (χ0) is 13.4. The summed E-state index contributed by atoms with van der Waals surface area (Å²) >= 11 is 5.35. The molecular formula is C14H22BrNOS. The Morgan fingerprint density at radius 3 is 2.56 bits per heavy atom. The molecule has 2 atom stereocenters. The van der Waals surface area contributed by atoms with Crippen LogP contribution < -0.4 is 5.32 Å². The molecule has 0 bridgehead atoms. The van der Waals surface area contributed by atoms with Crippen LogP contribution in [0, 0.1) is 5.92 Å². The molecule has 0 aliphatic heterocycles. The molecule has 0 aromatic heterocycles. The number of methoxy groups -OCH3 is 1. The van der Waals surface area contributed by atoms with Crippen molar-refractivity contribution in [2.75, 3.05) is 26.5 Å². The summed E-state index contributed by atoms with van der Waals surface area (Å²) in [5.74, 6) is 1.71. The molecular weight excluding hydrogens is 310 g/mol. The van der Waals surface area contributed by atoms with Crippen LogP contribution in [0.1, 0.15) is 13.3 Å². The lowest BCUT2D eigenvalue weighted by molar-refractivity contribution is 0.173. The Bertz CT molecular complexity index is 331. The largest absolute Gasteiger partial charge is 0.385 e. The van der Waals surface area contributed by atoms with Gasteiger partial charge in [0.05, 0.1) is 0 Å². The van der Waals surface area contributed by atoms with Gasteiger partial charge < -0.3 is 10.1 Å². The minimum atomic E-state index is 0.522. The second kappa shape index (κ2) is 8.97. The van der Waals surface area contributed by atoms with Crippen molar-refractivity contribution in [3.63, 3.8) is 0 Å². The van der Waals surface area contributed by atoms with Gasteiger partial charge in [-0.2, -0.15) is 0 Å². The van der Waals surface area contributed by atoms with Crippen molar-refractivity contribution in [2.45, 2.75) is 24.3 Å². The average molecular weight is 332 g/mol. The highest BCUT2D eigenvalue weighted by Gasteiger charge is 2.15. The number of benzene rings is 1. The highest BCUT2D eigenvalue weighted by atomic mass is 79.9. The lowest BCUT2D eigenvalue weighted by Gasteiger charge is -2.23. The van der Waals surface area contributed by atoms with Crippen LogP contribution >= 0.6 is 27.7 Å². The molecule has 102 valence electrons. The Labute approximate surface area is 123 Å². The molecule has 0 amide bonds. The summed E-state index contributed by atoms with van der Waals surface area (Å²) < 4.78 is 6.27. The third-order valence-corrected chi connectivity index (χ3v) is 4.74. The summed E-state index contributed by atoms with van der Waals surface area (Å²) in [6, 6.07) is 9.01. The first-order valence-corrected chi connectivity index (χ1v) is 7.99. The zero-order valence-electron chi connectivity index (χ0n) is 11.3. The first-order chi connectivity index (χ1) is 8.67. The first-order valence-electron chi connectivity index (χ1n) is 6.22. The van der Waals surface area contributed by atoms with Gasteiger partial charge in [0.25, 0.3) is 0 Å². The summed E-state index contributed by atoms with van der Waals surface area (Å²) in [6.07, 6.45) is 1.10. The van der Waals surface area contributed by atoms with Crippen LogP contribution in [0.2, 0.25) is 0 Å². The molecule has 1 aromatic rings. The summed E-state index contributed by atoms with van der Waals surface area (Å²) in [4.78, 5) is 1.32. The van der Waals surface area contributed by atoms with Gasteiger partial charge in [-0.1, -0.05) is 22.9 Å². The number of ether oxygens (including phenoxy) is 1. The molecule has 1 rings (SSSR count). The van der Waals surface area contributed by atoms with Crippen LogP contribution in [0.15, 0.2) is 33.6 Å². The summed E-state index contributed by atoms with van der Waals surface area (Å²) in [5, 5.41) is 3.41.